The van der Waals surface area contributed by atoms with E-state index < -0.39 is 18.1 Å². The van der Waals surface area contributed by atoms with Crippen molar-refractivity contribution in [2.24, 2.45) is 0 Å². The molecule has 0 saturated carbocycles. The van der Waals surface area contributed by atoms with Crippen molar-refractivity contribution in [2.75, 3.05) is 41.0 Å². The molecule has 0 aromatic rings. The maximum atomic E-state index is 12.7. The van der Waals surface area contributed by atoms with E-state index in [-0.39, 0.29) is 42.7 Å². The summed E-state index contributed by atoms with van der Waals surface area (Å²) < 4.78 is 17.2. The Kier molecular flexibility index (Phi) is 38.7. The molecular weight excluding hydrogens is 727 g/mol. The molecule has 0 aliphatic rings. The molecule has 2 atom stereocenters. The molecule has 0 aromatic carbocycles. The molecule has 0 heterocycles. The summed E-state index contributed by atoms with van der Waals surface area (Å²) in [5, 5.41) is 11.6. The lowest BCUT2D eigenvalue weighted by Crippen LogP contribution is -2.55. The van der Waals surface area contributed by atoms with Crippen molar-refractivity contribution in [3.8, 4) is 0 Å². The van der Waals surface area contributed by atoms with E-state index in [9.17, 15) is 19.5 Å². The zero-order chi connectivity index (χ0) is 42.8. The fourth-order valence-corrected chi connectivity index (χ4v) is 6.59. The number of aliphatic carboxylic acids is 1. The first-order valence-corrected chi connectivity index (χ1v) is 23.4. The molecule has 0 aliphatic carbocycles. The minimum Gasteiger partial charge on any atom is -0.544 e. The molecule has 2 unspecified atom stereocenters. The predicted molar refractivity (Wildman–Crippen MR) is 240 cm³/mol. The first kappa shape index (κ1) is 55.0. The second-order valence-electron chi connectivity index (χ2n) is 16.7. The average molecular weight is 814 g/mol. The van der Waals surface area contributed by atoms with Crippen molar-refractivity contribution in [3.63, 3.8) is 0 Å². The van der Waals surface area contributed by atoms with Crippen molar-refractivity contribution in [3.05, 3.63) is 60.8 Å². The standard InChI is InChI=1S/C50H87NO7/c1-6-8-10-12-14-16-18-20-22-23-24-25-27-29-31-33-35-37-39-41-49(53)58-46(44-56-43-42-47(50(54)55)51(3,4)5)45-57-48(52)40-38-36-34-32-30-28-26-21-19-17-15-13-11-9-7-2/h9,11,13-20,46-47H,6-8,10,12,21-45H2,1-5H3/b11-9+,15-13+,16-14+,19-17+,20-18+. The lowest BCUT2D eigenvalue weighted by Gasteiger charge is -2.34. The van der Waals surface area contributed by atoms with Crippen LogP contribution in [0.1, 0.15) is 187 Å². The molecule has 0 saturated heterocycles. The number of likely N-dealkylation sites (N-methyl/N-ethyl adjacent to an activating group) is 1. The number of carbonyl (C=O) groups is 3. The maximum Gasteiger partial charge on any atom is 0.306 e. The first-order chi connectivity index (χ1) is 28.1. The van der Waals surface area contributed by atoms with E-state index in [1.807, 2.05) is 0 Å². The summed E-state index contributed by atoms with van der Waals surface area (Å²) >= 11 is 0. The Morgan fingerprint density at radius 2 is 0.966 bits per heavy atom. The SMILES string of the molecule is CC/C=C/C=C/C=C/CCCCCCCCCC(=O)OCC(COCCC(C(=O)[O-])[N+](C)(C)C)OC(=O)CCCCCCCCCCCC/C=C/C=C/CCCCC. The van der Waals surface area contributed by atoms with Crippen LogP contribution in [0.4, 0.5) is 0 Å². The van der Waals surface area contributed by atoms with E-state index in [2.05, 4.69) is 74.6 Å². The number of hydrogen-bond acceptors (Lipinski definition) is 7. The zero-order valence-corrected chi connectivity index (χ0v) is 37.9. The molecule has 0 radical (unpaired) electrons. The fraction of sp³-hybridized carbons (Fsp3) is 0.740. The van der Waals surface area contributed by atoms with Crippen LogP contribution >= 0.6 is 0 Å². The summed E-state index contributed by atoms with van der Waals surface area (Å²) in [6.07, 6.45) is 49.5. The number of allylic oxidation sites excluding steroid dienone is 10. The monoisotopic (exact) mass is 814 g/mol. The van der Waals surface area contributed by atoms with E-state index in [1.165, 1.54) is 103 Å². The molecular formula is C50H87NO7. The van der Waals surface area contributed by atoms with Gasteiger partial charge in [-0.25, -0.2) is 0 Å². The van der Waals surface area contributed by atoms with Crippen LogP contribution in [-0.4, -0.2) is 75.5 Å². The van der Waals surface area contributed by atoms with E-state index >= 15 is 0 Å². The van der Waals surface area contributed by atoms with Gasteiger partial charge in [-0.2, -0.15) is 0 Å². The summed E-state index contributed by atoms with van der Waals surface area (Å²) in [7, 11) is 5.40. The fourth-order valence-electron chi connectivity index (χ4n) is 6.59. The number of unbranched alkanes of at least 4 members (excludes halogenated alkanes) is 20. The lowest BCUT2D eigenvalue weighted by molar-refractivity contribution is -0.889. The second kappa shape index (κ2) is 40.8. The highest BCUT2D eigenvalue weighted by molar-refractivity contribution is 5.70. The van der Waals surface area contributed by atoms with Gasteiger partial charge in [-0.05, 0) is 57.8 Å². The van der Waals surface area contributed by atoms with Gasteiger partial charge in [0.1, 0.15) is 12.6 Å². The Balaban J connectivity index is 4.32. The van der Waals surface area contributed by atoms with E-state index in [0.717, 1.165) is 51.4 Å². The molecule has 58 heavy (non-hydrogen) atoms. The van der Waals surface area contributed by atoms with Crippen LogP contribution in [-0.2, 0) is 28.6 Å². The van der Waals surface area contributed by atoms with Crippen LogP contribution < -0.4 is 5.11 Å². The summed E-state index contributed by atoms with van der Waals surface area (Å²) in [4.78, 5) is 36.9. The molecule has 0 aromatic heterocycles. The van der Waals surface area contributed by atoms with Gasteiger partial charge in [0.25, 0.3) is 0 Å². The van der Waals surface area contributed by atoms with Gasteiger partial charge in [-0.3, -0.25) is 9.59 Å². The van der Waals surface area contributed by atoms with Crippen LogP contribution in [0, 0.1) is 0 Å². The Labute approximate surface area is 356 Å². The van der Waals surface area contributed by atoms with Gasteiger partial charge in [0.2, 0.25) is 0 Å². The second-order valence-corrected chi connectivity index (χ2v) is 16.7. The molecule has 0 spiro atoms. The Hall–Kier alpha value is -2.97. The van der Waals surface area contributed by atoms with Crippen LogP contribution in [0.25, 0.3) is 0 Å². The molecule has 0 rings (SSSR count). The highest BCUT2D eigenvalue weighted by Crippen LogP contribution is 2.14. The lowest BCUT2D eigenvalue weighted by atomic mass is 10.1. The Morgan fingerprint density at radius 3 is 1.43 bits per heavy atom. The third-order valence-electron chi connectivity index (χ3n) is 10.2. The number of nitrogens with zero attached hydrogens (tertiary/aromatic N) is 1. The van der Waals surface area contributed by atoms with Gasteiger partial charge in [0, 0.05) is 19.3 Å². The molecule has 0 N–H and O–H groups in total. The van der Waals surface area contributed by atoms with Gasteiger partial charge in [0.05, 0.1) is 40.3 Å². The number of carboxylic acid groups (broad SMARTS) is 1. The van der Waals surface area contributed by atoms with Crippen LogP contribution in [0.15, 0.2) is 60.8 Å². The Bertz CT molecular complexity index is 1130. The van der Waals surface area contributed by atoms with Gasteiger partial charge < -0.3 is 28.6 Å². The van der Waals surface area contributed by atoms with Crippen molar-refractivity contribution in [1.29, 1.82) is 0 Å². The van der Waals surface area contributed by atoms with Crippen LogP contribution in [0.3, 0.4) is 0 Å². The maximum absolute atomic E-state index is 12.7. The molecule has 0 bridgehead atoms. The smallest absolute Gasteiger partial charge is 0.306 e. The number of ether oxygens (including phenoxy) is 3. The Morgan fingerprint density at radius 1 is 0.534 bits per heavy atom. The van der Waals surface area contributed by atoms with Crippen LogP contribution in [0.2, 0.25) is 0 Å². The first-order valence-electron chi connectivity index (χ1n) is 23.4. The third kappa shape index (κ3) is 38.5. The number of quaternary nitrogens is 1. The molecule has 8 heteroatoms. The number of rotatable bonds is 41. The van der Waals surface area contributed by atoms with Crippen molar-refractivity contribution < 1.29 is 38.2 Å². The average Bonchev–Trinajstić information content (AvgIpc) is 3.18. The summed E-state index contributed by atoms with van der Waals surface area (Å²) in [5.41, 5.74) is 0. The van der Waals surface area contributed by atoms with E-state index in [0.29, 0.717) is 12.8 Å². The predicted octanol–water partition coefficient (Wildman–Crippen LogP) is 11.6. The van der Waals surface area contributed by atoms with Crippen LogP contribution in [0.5, 0.6) is 0 Å². The molecule has 334 valence electrons. The normalized spacial score (nSPS) is 13.5. The third-order valence-corrected chi connectivity index (χ3v) is 10.2. The zero-order valence-electron chi connectivity index (χ0n) is 37.9. The van der Waals surface area contributed by atoms with E-state index in [4.69, 9.17) is 14.2 Å². The molecule has 0 aliphatic heterocycles. The van der Waals surface area contributed by atoms with Gasteiger partial charge >= 0.3 is 11.9 Å². The summed E-state index contributed by atoms with van der Waals surface area (Å²) in [6, 6.07) is -0.730. The molecule has 0 amide bonds. The topological polar surface area (TPSA) is 102 Å². The summed E-state index contributed by atoms with van der Waals surface area (Å²) in [6.45, 7) is 4.49. The number of carbonyl (C=O) groups excluding carboxylic acids is 3. The minimum absolute atomic E-state index is 0.0337. The van der Waals surface area contributed by atoms with Crippen molar-refractivity contribution in [1.82, 2.24) is 0 Å². The van der Waals surface area contributed by atoms with Gasteiger partial charge in [-0.15, -0.1) is 0 Å². The number of esters is 2. The highest BCUT2D eigenvalue weighted by atomic mass is 16.6. The number of hydrogen-bond donors (Lipinski definition) is 0. The molecule has 8 nitrogen and oxygen atoms in total. The number of carboxylic acids is 1. The summed E-state index contributed by atoms with van der Waals surface area (Å²) in [5.74, 6) is -1.76. The van der Waals surface area contributed by atoms with Crippen molar-refractivity contribution in [2.45, 2.75) is 199 Å². The van der Waals surface area contributed by atoms with E-state index in [1.54, 1.807) is 21.1 Å². The quantitative estimate of drug-likeness (QED) is 0.0262. The molecule has 0 fully saturated rings. The van der Waals surface area contributed by atoms with Crippen molar-refractivity contribution >= 4 is 17.9 Å². The highest BCUT2D eigenvalue weighted by Gasteiger charge is 2.25. The van der Waals surface area contributed by atoms with Gasteiger partial charge in [0.15, 0.2) is 6.10 Å². The minimum atomic E-state index is -1.13. The van der Waals surface area contributed by atoms with Gasteiger partial charge in [-0.1, -0.05) is 171 Å². The largest absolute Gasteiger partial charge is 0.544 e.